The molecule has 0 aliphatic carbocycles. The van der Waals surface area contributed by atoms with E-state index < -0.39 is 0 Å². The molecule has 3 heterocycles. The van der Waals surface area contributed by atoms with Crippen LogP contribution >= 0.6 is 11.6 Å². The summed E-state index contributed by atoms with van der Waals surface area (Å²) in [4.78, 5) is 11.2. The lowest BCUT2D eigenvalue weighted by molar-refractivity contribution is 0.188. The minimum Gasteiger partial charge on any atom is -0.367 e. The van der Waals surface area contributed by atoms with Gasteiger partial charge in [0.2, 0.25) is 0 Å². The molecule has 2 atom stereocenters. The fraction of sp³-hybridized carbons (Fsp3) is 0.733. The Hall–Kier alpha value is -0.870. The first-order valence-corrected chi connectivity index (χ1v) is 8.04. The Bertz CT molecular complexity index is 477. The summed E-state index contributed by atoms with van der Waals surface area (Å²) in [5.74, 6) is 1.26. The second-order valence-corrected chi connectivity index (χ2v) is 6.64. The summed E-state index contributed by atoms with van der Waals surface area (Å²) in [5.41, 5.74) is 1.04. The molecular formula is C15H23ClN4. The van der Waals surface area contributed by atoms with E-state index in [1.54, 1.807) is 6.33 Å². The van der Waals surface area contributed by atoms with Crippen molar-refractivity contribution in [3.63, 3.8) is 0 Å². The van der Waals surface area contributed by atoms with E-state index in [1.165, 1.54) is 38.8 Å². The number of piperidine rings is 1. The Balaban J connectivity index is 1.73. The van der Waals surface area contributed by atoms with E-state index in [4.69, 9.17) is 11.6 Å². The van der Waals surface area contributed by atoms with Crippen LogP contribution in [0.1, 0.15) is 51.0 Å². The van der Waals surface area contributed by atoms with Gasteiger partial charge < -0.3 is 10.2 Å². The Labute approximate surface area is 125 Å². The summed E-state index contributed by atoms with van der Waals surface area (Å²) in [6.07, 6.45) is 6.67. The summed E-state index contributed by atoms with van der Waals surface area (Å²) in [7, 11) is 0. The van der Waals surface area contributed by atoms with Crippen molar-refractivity contribution >= 4 is 17.4 Å². The number of nitrogens with one attached hydrogen (secondary N) is 1. The maximum absolute atomic E-state index is 6.23. The zero-order chi connectivity index (χ0) is 14.1. The Morgan fingerprint density at radius 1 is 1.30 bits per heavy atom. The summed E-state index contributed by atoms with van der Waals surface area (Å²) in [6, 6.07) is 1.28. The standard InChI is InChI=1S/C15H23ClN4/c1-10(2)13-14(16)17-9-18-15(13)19-11-5-7-20-6-3-4-12(20)8-11/h9-12H,3-8H2,1-2H3,(H,17,18,19). The fourth-order valence-corrected chi connectivity index (χ4v) is 3.90. The quantitative estimate of drug-likeness (QED) is 0.869. The van der Waals surface area contributed by atoms with E-state index in [0.29, 0.717) is 17.1 Å². The molecule has 0 spiro atoms. The molecule has 3 rings (SSSR count). The highest BCUT2D eigenvalue weighted by Crippen LogP contribution is 2.32. The first kappa shape index (κ1) is 14.1. The average Bonchev–Trinajstić information content (AvgIpc) is 2.85. The van der Waals surface area contributed by atoms with Gasteiger partial charge in [-0.1, -0.05) is 25.4 Å². The molecular weight excluding hydrogens is 272 g/mol. The zero-order valence-electron chi connectivity index (χ0n) is 12.3. The van der Waals surface area contributed by atoms with E-state index >= 15 is 0 Å². The molecule has 0 aromatic carbocycles. The molecule has 4 nitrogen and oxygen atoms in total. The fourth-order valence-electron chi connectivity index (χ4n) is 3.55. The smallest absolute Gasteiger partial charge is 0.138 e. The summed E-state index contributed by atoms with van der Waals surface area (Å²) < 4.78 is 0. The van der Waals surface area contributed by atoms with Crippen LogP contribution in [-0.2, 0) is 0 Å². The maximum Gasteiger partial charge on any atom is 0.138 e. The topological polar surface area (TPSA) is 41.1 Å². The van der Waals surface area contributed by atoms with E-state index in [2.05, 4.69) is 34.0 Å². The van der Waals surface area contributed by atoms with Crippen LogP contribution in [0, 0.1) is 0 Å². The van der Waals surface area contributed by atoms with Gasteiger partial charge in [0.1, 0.15) is 17.3 Å². The van der Waals surface area contributed by atoms with Crippen LogP contribution < -0.4 is 5.32 Å². The number of halogens is 1. The van der Waals surface area contributed by atoms with Crippen molar-refractivity contribution in [3.05, 3.63) is 17.0 Å². The van der Waals surface area contributed by atoms with Crippen molar-refractivity contribution < 1.29 is 0 Å². The molecule has 20 heavy (non-hydrogen) atoms. The van der Waals surface area contributed by atoms with Crippen molar-refractivity contribution in [1.29, 1.82) is 0 Å². The third-order valence-electron chi connectivity index (χ3n) is 4.57. The van der Waals surface area contributed by atoms with Gasteiger partial charge in [-0.05, 0) is 38.1 Å². The highest BCUT2D eigenvalue weighted by molar-refractivity contribution is 6.30. The molecule has 0 amide bonds. The van der Waals surface area contributed by atoms with Crippen LogP contribution in [0.5, 0.6) is 0 Å². The van der Waals surface area contributed by atoms with Crippen molar-refractivity contribution in [2.75, 3.05) is 18.4 Å². The lowest BCUT2D eigenvalue weighted by Crippen LogP contribution is -2.43. The SMILES string of the molecule is CC(C)c1c(Cl)ncnc1NC1CCN2CCCC2C1. The largest absolute Gasteiger partial charge is 0.367 e. The first-order valence-electron chi connectivity index (χ1n) is 7.66. The van der Waals surface area contributed by atoms with Gasteiger partial charge in [0.15, 0.2) is 0 Å². The predicted molar refractivity (Wildman–Crippen MR) is 82.4 cm³/mol. The monoisotopic (exact) mass is 294 g/mol. The molecule has 0 saturated carbocycles. The third kappa shape index (κ3) is 2.77. The van der Waals surface area contributed by atoms with Crippen LogP contribution in [0.2, 0.25) is 5.15 Å². The Morgan fingerprint density at radius 2 is 2.15 bits per heavy atom. The number of hydrogen-bond donors (Lipinski definition) is 1. The van der Waals surface area contributed by atoms with Gasteiger partial charge in [-0.2, -0.15) is 0 Å². The van der Waals surface area contributed by atoms with Gasteiger partial charge in [0.05, 0.1) is 0 Å². The van der Waals surface area contributed by atoms with Crippen molar-refractivity contribution in [1.82, 2.24) is 14.9 Å². The molecule has 5 heteroatoms. The van der Waals surface area contributed by atoms with Gasteiger partial charge in [0, 0.05) is 24.2 Å². The number of fused-ring (bicyclic) bond motifs is 1. The number of anilines is 1. The normalized spacial score (nSPS) is 26.8. The summed E-state index contributed by atoms with van der Waals surface area (Å²) in [6.45, 7) is 6.76. The van der Waals surface area contributed by atoms with Crippen molar-refractivity contribution in [2.45, 2.75) is 57.5 Å². The van der Waals surface area contributed by atoms with E-state index in [-0.39, 0.29) is 0 Å². The molecule has 110 valence electrons. The van der Waals surface area contributed by atoms with Crippen LogP contribution in [0.3, 0.4) is 0 Å². The Kier molecular flexibility index (Phi) is 4.13. The maximum atomic E-state index is 6.23. The minimum absolute atomic E-state index is 0.331. The van der Waals surface area contributed by atoms with Crippen LogP contribution in [0.25, 0.3) is 0 Å². The molecule has 2 aliphatic rings. The molecule has 0 radical (unpaired) electrons. The van der Waals surface area contributed by atoms with Crippen molar-refractivity contribution in [2.24, 2.45) is 0 Å². The lowest BCUT2D eigenvalue weighted by Gasteiger charge is -2.35. The van der Waals surface area contributed by atoms with Crippen LogP contribution in [0.15, 0.2) is 6.33 Å². The van der Waals surface area contributed by atoms with E-state index in [1.807, 2.05) is 0 Å². The van der Waals surface area contributed by atoms with Gasteiger partial charge >= 0.3 is 0 Å². The molecule has 1 N–H and O–H groups in total. The predicted octanol–water partition coefficient (Wildman–Crippen LogP) is 3.29. The summed E-state index contributed by atoms with van der Waals surface area (Å²) in [5, 5.41) is 4.20. The highest BCUT2D eigenvalue weighted by atomic mass is 35.5. The minimum atomic E-state index is 0.331. The zero-order valence-corrected chi connectivity index (χ0v) is 13.0. The van der Waals surface area contributed by atoms with Gasteiger partial charge in [-0.3, -0.25) is 0 Å². The Morgan fingerprint density at radius 3 is 2.95 bits per heavy atom. The molecule has 2 unspecified atom stereocenters. The number of aromatic nitrogens is 2. The molecule has 2 saturated heterocycles. The number of hydrogen-bond acceptors (Lipinski definition) is 4. The van der Waals surface area contributed by atoms with E-state index in [0.717, 1.165) is 17.4 Å². The van der Waals surface area contributed by atoms with Gasteiger partial charge in [-0.15, -0.1) is 0 Å². The summed E-state index contributed by atoms with van der Waals surface area (Å²) >= 11 is 6.23. The average molecular weight is 295 g/mol. The first-order chi connectivity index (χ1) is 9.65. The second kappa shape index (κ2) is 5.86. The van der Waals surface area contributed by atoms with Crippen LogP contribution in [0.4, 0.5) is 5.82 Å². The third-order valence-corrected chi connectivity index (χ3v) is 4.88. The number of nitrogens with zero attached hydrogens (tertiary/aromatic N) is 3. The molecule has 0 bridgehead atoms. The molecule has 1 aromatic heterocycles. The van der Waals surface area contributed by atoms with E-state index in [9.17, 15) is 0 Å². The molecule has 2 fully saturated rings. The van der Waals surface area contributed by atoms with Gasteiger partial charge in [0.25, 0.3) is 0 Å². The van der Waals surface area contributed by atoms with Crippen LogP contribution in [-0.4, -0.2) is 40.0 Å². The second-order valence-electron chi connectivity index (χ2n) is 6.28. The number of rotatable bonds is 3. The van der Waals surface area contributed by atoms with Crippen molar-refractivity contribution in [3.8, 4) is 0 Å². The molecule has 1 aromatic rings. The molecule has 2 aliphatic heterocycles. The lowest BCUT2D eigenvalue weighted by atomic mass is 9.97. The highest BCUT2D eigenvalue weighted by Gasteiger charge is 2.32. The van der Waals surface area contributed by atoms with Gasteiger partial charge in [-0.25, -0.2) is 9.97 Å².